The molecule has 0 aliphatic heterocycles. The minimum atomic E-state index is 0.240. The Kier molecular flexibility index (Phi) is 2.32. The average Bonchev–Trinajstić information content (AvgIpc) is 2.32. The zero-order valence-electron chi connectivity index (χ0n) is 10.3. The number of aromatic nitrogens is 1. The van der Waals surface area contributed by atoms with Gasteiger partial charge < -0.3 is 4.98 Å². The average molecular weight is 227 g/mol. The van der Waals surface area contributed by atoms with E-state index in [1.807, 2.05) is 19.1 Å². The van der Waals surface area contributed by atoms with Crippen molar-refractivity contribution in [1.29, 1.82) is 0 Å². The van der Waals surface area contributed by atoms with Crippen LogP contribution in [0.15, 0.2) is 23.0 Å². The van der Waals surface area contributed by atoms with Gasteiger partial charge >= 0.3 is 0 Å². The van der Waals surface area contributed by atoms with E-state index in [1.54, 1.807) is 0 Å². The molecule has 1 heterocycles. The third-order valence-corrected chi connectivity index (χ3v) is 3.84. The number of aromatic amines is 1. The highest BCUT2D eigenvalue weighted by Crippen LogP contribution is 2.29. The molecule has 0 spiro atoms. The molecule has 0 saturated heterocycles. The standard InChI is InChI=1S/C15H17NO/c1-9-6-7-13-12(8-9)15(17)11-5-3-4-10(2)14(11)16-13/h6-8,10H,3-5H2,1-2H3,(H,16,17)/t10-/m1/s1. The van der Waals surface area contributed by atoms with Crippen LogP contribution in [-0.4, -0.2) is 4.98 Å². The first-order chi connectivity index (χ1) is 8.16. The molecule has 88 valence electrons. The summed E-state index contributed by atoms with van der Waals surface area (Å²) in [4.78, 5) is 15.9. The van der Waals surface area contributed by atoms with E-state index in [1.165, 1.54) is 6.42 Å². The maximum Gasteiger partial charge on any atom is 0.192 e. The summed E-state index contributed by atoms with van der Waals surface area (Å²) in [5.41, 5.74) is 4.54. The topological polar surface area (TPSA) is 32.9 Å². The van der Waals surface area contributed by atoms with Gasteiger partial charge in [0.2, 0.25) is 0 Å². The molecule has 17 heavy (non-hydrogen) atoms. The van der Waals surface area contributed by atoms with Crippen LogP contribution in [0.5, 0.6) is 0 Å². The summed E-state index contributed by atoms with van der Waals surface area (Å²) < 4.78 is 0. The zero-order chi connectivity index (χ0) is 12.0. The molecule has 0 radical (unpaired) electrons. The van der Waals surface area contributed by atoms with Crippen LogP contribution in [0.4, 0.5) is 0 Å². The molecule has 1 N–H and O–H groups in total. The predicted octanol–water partition coefficient (Wildman–Crippen LogP) is 3.28. The smallest absolute Gasteiger partial charge is 0.192 e. The second kappa shape index (κ2) is 3.73. The van der Waals surface area contributed by atoms with Crippen molar-refractivity contribution in [2.45, 2.75) is 39.0 Å². The van der Waals surface area contributed by atoms with Gasteiger partial charge in [0.05, 0.1) is 0 Å². The number of hydrogen-bond donors (Lipinski definition) is 1. The summed E-state index contributed by atoms with van der Waals surface area (Å²) in [7, 11) is 0. The number of pyridine rings is 1. The van der Waals surface area contributed by atoms with E-state index >= 15 is 0 Å². The van der Waals surface area contributed by atoms with Crippen LogP contribution in [0, 0.1) is 6.92 Å². The Balaban J connectivity index is 2.39. The molecule has 0 unspecified atom stereocenters. The molecule has 1 aromatic heterocycles. The maximum atomic E-state index is 12.5. The first kappa shape index (κ1) is 10.6. The molecular weight excluding hydrogens is 210 g/mol. The van der Waals surface area contributed by atoms with Crippen LogP contribution in [0.1, 0.15) is 42.5 Å². The molecule has 1 atom stereocenters. The number of fused-ring (bicyclic) bond motifs is 2. The Morgan fingerprint density at radius 1 is 1.35 bits per heavy atom. The summed E-state index contributed by atoms with van der Waals surface area (Å²) in [6.45, 7) is 4.23. The van der Waals surface area contributed by atoms with Gasteiger partial charge in [-0.2, -0.15) is 0 Å². The van der Waals surface area contributed by atoms with Crippen molar-refractivity contribution in [2.24, 2.45) is 0 Å². The molecule has 0 saturated carbocycles. The van der Waals surface area contributed by atoms with Gasteiger partial charge in [0.15, 0.2) is 5.43 Å². The van der Waals surface area contributed by atoms with Crippen LogP contribution in [-0.2, 0) is 6.42 Å². The largest absolute Gasteiger partial charge is 0.358 e. The molecule has 1 aliphatic rings. The lowest BCUT2D eigenvalue weighted by Gasteiger charge is -2.22. The van der Waals surface area contributed by atoms with Gasteiger partial charge in [-0.3, -0.25) is 4.79 Å². The fraction of sp³-hybridized carbons (Fsp3) is 0.400. The van der Waals surface area contributed by atoms with E-state index in [0.717, 1.165) is 40.6 Å². The van der Waals surface area contributed by atoms with E-state index in [4.69, 9.17) is 0 Å². The van der Waals surface area contributed by atoms with E-state index in [9.17, 15) is 4.79 Å². The van der Waals surface area contributed by atoms with Gasteiger partial charge in [-0.25, -0.2) is 0 Å². The molecule has 0 amide bonds. The Hall–Kier alpha value is -1.57. The van der Waals surface area contributed by atoms with Crippen molar-refractivity contribution in [3.05, 3.63) is 45.2 Å². The minimum Gasteiger partial charge on any atom is -0.358 e. The Morgan fingerprint density at radius 2 is 2.18 bits per heavy atom. The van der Waals surface area contributed by atoms with Gasteiger partial charge in [-0.05, 0) is 44.2 Å². The number of rotatable bonds is 0. The SMILES string of the molecule is Cc1ccc2[nH]c3c(c(=O)c2c1)CCC[C@H]3C. The summed E-state index contributed by atoms with van der Waals surface area (Å²) in [6.07, 6.45) is 3.24. The van der Waals surface area contributed by atoms with Crippen molar-refractivity contribution >= 4 is 10.9 Å². The Labute approximate surface area is 101 Å². The van der Waals surface area contributed by atoms with Crippen molar-refractivity contribution in [3.8, 4) is 0 Å². The quantitative estimate of drug-likeness (QED) is 0.736. The number of H-pyrrole nitrogens is 1. The predicted molar refractivity (Wildman–Crippen MR) is 70.7 cm³/mol. The van der Waals surface area contributed by atoms with Crippen molar-refractivity contribution < 1.29 is 0 Å². The van der Waals surface area contributed by atoms with Gasteiger partial charge in [-0.15, -0.1) is 0 Å². The Bertz CT molecular complexity index is 639. The third kappa shape index (κ3) is 1.59. The fourth-order valence-electron chi connectivity index (χ4n) is 2.86. The first-order valence-electron chi connectivity index (χ1n) is 6.32. The summed E-state index contributed by atoms with van der Waals surface area (Å²) in [6, 6.07) is 6.07. The molecular formula is C15H17NO. The number of benzene rings is 1. The molecule has 2 heteroatoms. The fourth-order valence-corrected chi connectivity index (χ4v) is 2.86. The van der Waals surface area contributed by atoms with E-state index < -0.39 is 0 Å². The third-order valence-electron chi connectivity index (χ3n) is 3.84. The second-order valence-electron chi connectivity index (χ2n) is 5.19. The first-order valence-corrected chi connectivity index (χ1v) is 6.32. The lowest BCUT2D eigenvalue weighted by molar-refractivity contribution is 0.574. The molecule has 2 nitrogen and oxygen atoms in total. The van der Waals surface area contributed by atoms with Crippen LogP contribution < -0.4 is 5.43 Å². The van der Waals surface area contributed by atoms with E-state index in [-0.39, 0.29) is 5.43 Å². The van der Waals surface area contributed by atoms with Crippen LogP contribution in [0.3, 0.4) is 0 Å². The van der Waals surface area contributed by atoms with Gasteiger partial charge in [0.25, 0.3) is 0 Å². The summed E-state index contributed by atoms with van der Waals surface area (Å²) in [5.74, 6) is 0.483. The van der Waals surface area contributed by atoms with Crippen LogP contribution >= 0.6 is 0 Å². The number of nitrogens with one attached hydrogen (secondary N) is 1. The van der Waals surface area contributed by atoms with Crippen molar-refractivity contribution in [1.82, 2.24) is 4.98 Å². The minimum absolute atomic E-state index is 0.240. The second-order valence-corrected chi connectivity index (χ2v) is 5.19. The van der Waals surface area contributed by atoms with Gasteiger partial charge in [0, 0.05) is 22.2 Å². The lowest BCUT2D eigenvalue weighted by atomic mass is 9.87. The van der Waals surface area contributed by atoms with Crippen LogP contribution in [0.2, 0.25) is 0 Å². The maximum absolute atomic E-state index is 12.5. The highest BCUT2D eigenvalue weighted by atomic mass is 16.1. The van der Waals surface area contributed by atoms with Gasteiger partial charge in [0.1, 0.15) is 0 Å². The molecule has 1 aromatic carbocycles. The molecule has 1 aliphatic carbocycles. The van der Waals surface area contributed by atoms with Crippen LogP contribution in [0.25, 0.3) is 10.9 Å². The molecule has 0 fully saturated rings. The zero-order valence-corrected chi connectivity index (χ0v) is 10.3. The van der Waals surface area contributed by atoms with Crippen molar-refractivity contribution in [3.63, 3.8) is 0 Å². The number of hydrogen-bond acceptors (Lipinski definition) is 1. The number of aryl methyl sites for hydroxylation is 1. The molecule has 0 bridgehead atoms. The lowest BCUT2D eigenvalue weighted by Crippen LogP contribution is -2.20. The van der Waals surface area contributed by atoms with E-state index in [2.05, 4.69) is 18.0 Å². The summed E-state index contributed by atoms with van der Waals surface area (Å²) in [5, 5.41) is 0.845. The highest BCUT2D eigenvalue weighted by molar-refractivity contribution is 5.80. The Morgan fingerprint density at radius 3 is 3.00 bits per heavy atom. The van der Waals surface area contributed by atoms with Gasteiger partial charge in [-0.1, -0.05) is 18.6 Å². The monoisotopic (exact) mass is 227 g/mol. The molecule has 2 aromatic rings. The normalized spacial score (nSPS) is 19.3. The van der Waals surface area contributed by atoms with Crippen molar-refractivity contribution in [2.75, 3.05) is 0 Å². The summed E-state index contributed by atoms with van der Waals surface area (Å²) >= 11 is 0. The highest BCUT2D eigenvalue weighted by Gasteiger charge is 2.20. The van der Waals surface area contributed by atoms with E-state index in [0.29, 0.717) is 5.92 Å². The molecule has 3 rings (SSSR count).